The zero-order valence-corrected chi connectivity index (χ0v) is 6.96. The molecule has 64 valence electrons. The zero-order valence-electron chi connectivity index (χ0n) is 6.21. The van der Waals surface area contributed by atoms with Crippen LogP contribution in [0.5, 0.6) is 0 Å². The first-order valence-corrected chi connectivity index (χ1v) is 3.43. The van der Waals surface area contributed by atoms with Crippen molar-refractivity contribution in [3.8, 4) is 0 Å². The molecule has 0 saturated heterocycles. The van der Waals surface area contributed by atoms with E-state index in [1.807, 2.05) is 0 Å². The van der Waals surface area contributed by atoms with Gasteiger partial charge in [0.25, 0.3) is 0 Å². The molecule has 1 rings (SSSR count). The third-order valence-corrected chi connectivity index (χ3v) is 1.69. The van der Waals surface area contributed by atoms with Crippen molar-refractivity contribution < 1.29 is 9.90 Å². The van der Waals surface area contributed by atoms with Crippen molar-refractivity contribution >= 4 is 23.5 Å². The van der Waals surface area contributed by atoms with E-state index in [1.165, 1.54) is 0 Å². The standard InChI is InChI=1S/C6H6ClN3O2/c1-2-3(7)4(5(11)12)10-6(8)9-2/h1H3,(H,11,12)(H2,8,9,10). The number of nitrogens with zero attached hydrogens (tertiary/aromatic N) is 2. The number of nitrogen functional groups attached to an aromatic ring is 1. The number of hydrogen-bond acceptors (Lipinski definition) is 4. The van der Waals surface area contributed by atoms with Gasteiger partial charge in [-0.3, -0.25) is 0 Å². The Bertz CT molecular complexity index is 340. The predicted molar refractivity (Wildman–Crippen MR) is 43.2 cm³/mol. The summed E-state index contributed by atoms with van der Waals surface area (Å²) in [4.78, 5) is 17.7. The average Bonchev–Trinajstić information content (AvgIpc) is 1.96. The molecule has 0 amide bonds. The van der Waals surface area contributed by atoms with Crippen LogP contribution in [0.15, 0.2) is 0 Å². The van der Waals surface area contributed by atoms with Crippen LogP contribution in [-0.4, -0.2) is 21.0 Å². The van der Waals surface area contributed by atoms with Crippen molar-refractivity contribution in [3.05, 3.63) is 16.4 Å². The van der Waals surface area contributed by atoms with E-state index < -0.39 is 5.97 Å². The molecule has 0 saturated carbocycles. The number of carbonyl (C=O) groups is 1. The van der Waals surface area contributed by atoms with E-state index in [0.29, 0.717) is 5.69 Å². The second-order valence-corrected chi connectivity index (χ2v) is 2.51. The van der Waals surface area contributed by atoms with Crippen LogP contribution in [0.2, 0.25) is 5.02 Å². The van der Waals surface area contributed by atoms with Crippen molar-refractivity contribution in [2.75, 3.05) is 5.73 Å². The highest BCUT2D eigenvalue weighted by Crippen LogP contribution is 2.17. The molecule has 0 fully saturated rings. The lowest BCUT2D eigenvalue weighted by Gasteiger charge is -2.01. The molecule has 0 aliphatic rings. The number of hydrogen-bond donors (Lipinski definition) is 2. The number of halogens is 1. The minimum atomic E-state index is -1.21. The Labute approximate surface area is 73.2 Å². The summed E-state index contributed by atoms with van der Waals surface area (Å²) in [5.41, 5.74) is 5.32. The predicted octanol–water partition coefficient (Wildman–Crippen LogP) is 0.719. The smallest absolute Gasteiger partial charge is 0.356 e. The Balaban J connectivity index is 3.37. The molecule has 3 N–H and O–H groups in total. The number of carboxylic acid groups (broad SMARTS) is 1. The van der Waals surface area contributed by atoms with Crippen LogP contribution in [0.25, 0.3) is 0 Å². The molecule has 0 aromatic carbocycles. The van der Waals surface area contributed by atoms with Crippen LogP contribution < -0.4 is 5.73 Å². The van der Waals surface area contributed by atoms with Crippen molar-refractivity contribution in [3.63, 3.8) is 0 Å². The van der Waals surface area contributed by atoms with Gasteiger partial charge in [0.2, 0.25) is 5.95 Å². The molecular formula is C6H6ClN3O2. The SMILES string of the molecule is Cc1nc(N)nc(C(=O)O)c1Cl. The lowest BCUT2D eigenvalue weighted by atomic mass is 10.3. The monoisotopic (exact) mass is 187 g/mol. The van der Waals surface area contributed by atoms with Crippen molar-refractivity contribution in [2.24, 2.45) is 0 Å². The minimum absolute atomic E-state index is 0.0247. The molecule has 0 atom stereocenters. The van der Waals surface area contributed by atoms with Gasteiger partial charge in [-0.25, -0.2) is 14.8 Å². The van der Waals surface area contributed by atoms with Crippen molar-refractivity contribution in [1.29, 1.82) is 0 Å². The third-order valence-electron chi connectivity index (χ3n) is 1.24. The number of rotatable bonds is 1. The summed E-state index contributed by atoms with van der Waals surface area (Å²) >= 11 is 5.60. The first-order valence-electron chi connectivity index (χ1n) is 3.05. The second-order valence-electron chi connectivity index (χ2n) is 2.13. The first kappa shape index (κ1) is 8.73. The van der Waals surface area contributed by atoms with Crippen LogP contribution in [0, 0.1) is 6.92 Å². The molecular weight excluding hydrogens is 182 g/mol. The minimum Gasteiger partial charge on any atom is -0.476 e. The number of anilines is 1. The van der Waals surface area contributed by atoms with Gasteiger partial charge in [-0.2, -0.15) is 0 Å². The summed E-state index contributed by atoms with van der Waals surface area (Å²) in [5, 5.41) is 8.61. The molecule has 0 unspecified atom stereocenters. The Hall–Kier alpha value is -1.36. The summed E-state index contributed by atoms with van der Waals surface area (Å²) < 4.78 is 0. The Morgan fingerprint density at radius 2 is 2.17 bits per heavy atom. The van der Waals surface area contributed by atoms with Crippen LogP contribution in [0.4, 0.5) is 5.95 Å². The molecule has 0 radical (unpaired) electrons. The fourth-order valence-corrected chi connectivity index (χ4v) is 0.888. The normalized spacial score (nSPS) is 9.83. The highest BCUT2D eigenvalue weighted by atomic mass is 35.5. The third kappa shape index (κ3) is 1.45. The van der Waals surface area contributed by atoms with Crippen molar-refractivity contribution in [1.82, 2.24) is 9.97 Å². The highest BCUT2D eigenvalue weighted by molar-refractivity contribution is 6.33. The molecule has 0 aliphatic carbocycles. The first-order chi connectivity index (χ1) is 5.52. The Morgan fingerprint density at radius 3 is 2.67 bits per heavy atom. The Kier molecular flexibility index (Phi) is 2.14. The maximum Gasteiger partial charge on any atom is 0.356 e. The number of aryl methyl sites for hydroxylation is 1. The van der Waals surface area contributed by atoms with E-state index in [0.717, 1.165) is 0 Å². The van der Waals surface area contributed by atoms with Crippen LogP contribution in [0.1, 0.15) is 16.2 Å². The maximum absolute atomic E-state index is 10.5. The van der Waals surface area contributed by atoms with Gasteiger partial charge in [0.15, 0.2) is 5.69 Å². The van der Waals surface area contributed by atoms with Crippen LogP contribution in [-0.2, 0) is 0 Å². The number of carboxylic acids is 1. The largest absolute Gasteiger partial charge is 0.476 e. The van der Waals surface area contributed by atoms with E-state index >= 15 is 0 Å². The van der Waals surface area contributed by atoms with Gasteiger partial charge in [-0.1, -0.05) is 11.6 Å². The van der Waals surface area contributed by atoms with Crippen LogP contribution >= 0.6 is 11.6 Å². The Morgan fingerprint density at radius 1 is 1.58 bits per heavy atom. The fraction of sp³-hybridized carbons (Fsp3) is 0.167. The molecule has 1 aromatic heterocycles. The number of aromatic nitrogens is 2. The quantitative estimate of drug-likeness (QED) is 0.676. The van der Waals surface area contributed by atoms with E-state index in [9.17, 15) is 4.79 Å². The molecule has 0 aliphatic heterocycles. The molecule has 0 bridgehead atoms. The number of aromatic carboxylic acids is 1. The van der Waals surface area contributed by atoms with Gasteiger partial charge >= 0.3 is 5.97 Å². The lowest BCUT2D eigenvalue weighted by Crippen LogP contribution is -2.07. The average molecular weight is 188 g/mol. The fourth-order valence-electron chi connectivity index (χ4n) is 0.723. The second kappa shape index (κ2) is 2.94. The topological polar surface area (TPSA) is 89.1 Å². The van der Waals surface area contributed by atoms with Gasteiger partial charge < -0.3 is 10.8 Å². The summed E-state index contributed by atoms with van der Waals surface area (Å²) in [5.74, 6) is -1.30. The summed E-state index contributed by atoms with van der Waals surface area (Å²) in [6, 6.07) is 0. The maximum atomic E-state index is 10.5. The zero-order chi connectivity index (χ0) is 9.30. The summed E-state index contributed by atoms with van der Waals surface area (Å²) in [6.07, 6.45) is 0. The molecule has 6 heteroatoms. The van der Waals surface area contributed by atoms with Gasteiger partial charge in [0.05, 0.1) is 10.7 Å². The highest BCUT2D eigenvalue weighted by Gasteiger charge is 2.14. The van der Waals surface area contributed by atoms with Gasteiger partial charge in [0.1, 0.15) is 0 Å². The molecule has 1 heterocycles. The summed E-state index contributed by atoms with van der Waals surface area (Å²) in [7, 11) is 0. The van der Waals surface area contributed by atoms with E-state index in [-0.39, 0.29) is 16.7 Å². The summed E-state index contributed by atoms with van der Waals surface area (Å²) in [6.45, 7) is 1.56. The molecule has 0 spiro atoms. The van der Waals surface area contributed by atoms with E-state index in [2.05, 4.69) is 9.97 Å². The lowest BCUT2D eigenvalue weighted by molar-refractivity contribution is 0.0690. The molecule has 5 nitrogen and oxygen atoms in total. The molecule has 1 aromatic rings. The van der Waals surface area contributed by atoms with Crippen LogP contribution in [0.3, 0.4) is 0 Å². The number of nitrogens with two attached hydrogens (primary N) is 1. The van der Waals surface area contributed by atoms with Crippen molar-refractivity contribution in [2.45, 2.75) is 6.92 Å². The van der Waals surface area contributed by atoms with Gasteiger partial charge in [-0.15, -0.1) is 0 Å². The molecule has 12 heavy (non-hydrogen) atoms. The van der Waals surface area contributed by atoms with Gasteiger partial charge in [-0.05, 0) is 6.92 Å². The van der Waals surface area contributed by atoms with E-state index in [1.54, 1.807) is 6.92 Å². The van der Waals surface area contributed by atoms with Gasteiger partial charge in [0, 0.05) is 0 Å². The van der Waals surface area contributed by atoms with E-state index in [4.69, 9.17) is 22.4 Å².